The Balaban J connectivity index is 2.03. The highest BCUT2D eigenvalue weighted by Crippen LogP contribution is 2.33. The fourth-order valence-corrected chi connectivity index (χ4v) is 4.30. The topological polar surface area (TPSA) is 92.1 Å². The number of rotatable bonds is 5. The number of nitrogens with two attached hydrogens (primary N) is 1. The van der Waals surface area contributed by atoms with Crippen molar-refractivity contribution in [2.24, 2.45) is 10.7 Å². The number of nitrogens with zero attached hydrogens (tertiary/aromatic N) is 3. The molecule has 1 amide bonds. The Morgan fingerprint density at radius 3 is 2.96 bits per heavy atom. The Kier molecular flexibility index (Phi) is 5.41. The van der Waals surface area contributed by atoms with Crippen LogP contribution in [0.5, 0.6) is 0 Å². The van der Waals surface area contributed by atoms with E-state index in [0.29, 0.717) is 10.5 Å². The van der Waals surface area contributed by atoms with Crippen LogP contribution in [0.25, 0.3) is 17.0 Å². The van der Waals surface area contributed by atoms with Crippen LogP contribution in [-0.4, -0.2) is 21.8 Å². The average Bonchev–Trinajstić information content (AvgIpc) is 2.92. The molecule has 1 aliphatic rings. The van der Waals surface area contributed by atoms with Crippen molar-refractivity contribution in [3.8, 4) is 6.07 Å². The van der Waals surface area contributed by atoms with Crippen molar-refractivity contribution in [2.75, 3.05) is 5.75 Å². The monoisotopic (exact) mass is 368 g/mol. The molecule has 0 saturated heterocycles. The van der Waals surface area contributed by atoms with Gasteiger partial charge in [0.05, 0.1) is 16.0 Å². The van der Waals surface area contributed by atoms with Crippen LogP contribution in [0.2, 0.25) is 0 Å². The zero-order chi connectivity index (χ0) is 17.8. The van der Waals surface area contributed by atoms with Gasteiger partial charge in [0, 0.05) is 16.5 Å². The number of amidine groups is 1. The standard InChI is InChI=1S/C18H16N4OS2/c1-2-3-6-24-16-12(9-19)10-21-14-5-4-11(7-13(14)16)8-15-17(23)22-18(20)25-15/h4-5,7-8,10H,2-3,6H2,1H3,(H2,20,22,23)/b15-8-. The predicted octanol–water partition coefficient (Wildman–Crippen LogP) is 3.93. The maximum Gasteiger partial charge on any atom is 0.286 e. The lowest BCUT2D eigenvalue weighted by atomic mass is 10.1. The lowest BCUT2D eigenvalue weighted by molar-refractivity contribution is -0.113. The van der Waals surface area contributed by atoms with E-state index in [-0.39, 0.29) is 11.1 Å². The molecule has 0 fully saturated rings. The van der Waals surface area contributed by atoms with Gasteiger partial charge in [-0.05, 0) is 47.7 Å². The van der Waals surface area contributed by atoms with E-state index in [2.05, 4.69) is 23.0 Å². The number of fused-ring (bicyclic) bond motifs is 1. The van der Waals surface area contributed by atoms with Crippen molar-refractivity contribution in [1.29, 1.82) is 5.26 Å². The number of amides is 1. The van der Waals surface area contributed by atoms with Gasteiger partial charge in [0.1, 0.15) is 6.07 Å². The zero-order valence-corrected chi connectivity index (χ0v) is 15.3. The molecule has 1 aliphatic heterocycles. The fourth-order valence-electron chi connectivity index (χ4n) is 2.41. The summed E-state index contributed by atoms with van der Waals surface area (Å²) in [6.45, 7) is 2.14. The summed E-state index contributed by atoms with van der Waals surface area (Å²) in [7, 11) is 0. The van der Waals surface area contributed by atoms with Crippen LogP contribution in [0.3, 0.4) is 0 Å². The number of aliphatic imine (C=N–C) groups is 1. The summed E-state index contributed by atoms with van der Waals surface area (Å²) in [6.07, 6.45) is 5.59. The second kappa shape index (κ2) is 7.72. The van der Waals surface area contributed by atoms with E-state index in [1.807, 2.05) is 18.2 Å². The van der Waals surface area contributed by atoms with E-state index in [1.165, 1.54) is 11.8 Å². The second-order valence-corrected chi connectivity index (χ2v) is 7.62. The van der Waals surface area contributed by atoms with Gasteiger partial charge in [0.15, 0.2) is 5.17 Å². The molecule has 2 heterocycles. The number of nitriles is 1. The summed E-state index contributed by atoms with van der Waals surface area (Å²) in [5, 5.41) is 10.6. The third kappa shape index (κ3) is 3.86. The summed E-state index contributed by atoms with van der Waals surface area (Å²) in [6, 6.07) is 8.00. The second-order valence-electron chi connectivity index (χ2n) is 5.46. The summed E-state index contributed by atoms with van der Waals surface area (Å²) in [5.74, 6) is 0.637. The molecule has 25 heavy (non-hydrogen) atoms. The molecule has 0 aliphatic carbocycles. The molecule has 0 spiro atoms. The molecule has 1 aromatic heterocycles. The molecule has 2 N–H and O–H groups in total. The molecule has 5 nitrogen and oxygen atoms in total. The fraction of sp³-hybridized carbons (Fsp3) is 0.222. The van der Waals surface area contributed by atoms with Gasteiger partial charge in [-0.25, -0.2) is 0 Å². The maximum absolute atomic E-state index is 11.8. The minimum absolute atomic E-state index is 0.265. The number of carbonyl (C=O) groups excluding carboxylic acids is 1. The number of carbonyl (C=O) groups is 1. The van der Waals surface area contributed by atoms with Gasteiger partial charge in [-0.3, -0.25) is 9.78 Å². The normalized spacial score (nSPS) is 15.6. The summed E-state index contributed by atoms with van der Waals surface area (Å²) in [4.78, 5) is 21.3. The van der Waals surface area contributed by atoms with Gasteiger partial charge in [-0.1, -0.05) is 19.4 Å². The Bertz CT molecular complexity index is 944. The molecule has 0 saturated carbocycles. The molecule has 0 unspecified atom stereocenters. The molecule has 0 bridgehead atoms. The Morgan fingerprint density at radius 2 is 2.28 bits per heavy atom. The lowest BCUT2D eigenvalue weighted by Crippen LogP contribution is -2.01. The third-order valence-corrected chi connectivity index (χ3v) is 5.68. The maximum atomic E-state index is 11.8. The molecular weight excluding hydrogens is 352 g/mol. The first-order valence-corrected chi connectivity index (χ1v) is 9.66. The van der Waals surface area contributed by atoms with Gasteiger partial charge in [-0.2, -0.15) is 10.3 Å². The number of hydrogen-bond donors (Lipinski definition) is 1. The van der Waals surface area contributed by atoms with Gasteiger partial charge >= 0.3 is 0 Å². The predicted molar refractivity (Wildman–Crippen MR) is 104 cm³/mol. The summed E-state index contributed by atoms with van der Waals surface area (Å²) >= 11 is 2.85. The van der Waals surface area contributed by atoms with Crippen LogP contribution in [0.1, 0.15) is 30.9 Å². The molecular formula is C18H16N4OS2. The van der Waals surface area contributed by atoms with Crippen molar-refractivity contribution in [3.05, 3.63) is 40.4 Å². The SMILES string of the molecule is CCCCSc1c(C#N)cnc2ccc(/C=C3\SC(N)=NC3=O)cc12. The summed E-state index contributed by atoms with van der Waals surface area (Å²) in [5.41, 5.74) is 7.87. The summed E-state index contributed by atoms with van der Waals surface area (Å²) < 4.78 is 0. The van der Waals surface area contributed by atoms with Crippen LogP contribution in [0.4, 0.5) is 0 Å². The molecule has 2 aromatic rings. The Hall–Kier alpha value is -2.30. The Morgan fingerprint density at radius 1 is 1.44 bits per heavy atom. The first-order valence-electron chi connectivity index (χ1n) is 7.86. The van der Waals surface area contributed by atoms with Crippen molar-refractivity contribution in [1.82, 2.24) is 4.98 Å². The van der Waals surface area contributed by atoms with E-state index in [1.54, 1.807) is 24.0 Å². The van der Waals surface area contributed by atoms with E-state index in [0.717, 1.165) is 40.0 Å². The quantitative estimate of drug-likeness (QED) is 0.488. The first-order chi connectivity index (χ1) is 12.1. The number of aromatic nitrogens is 1. The average molecular weight is 368 g/mol. The number of unbranched alkanes of at least 4 members (excludes halogenated alkanes) is 1. The molecule has 3 rings (SSSR count). The number of thioether (sulfide) groups is 2. The van der Waals surface area contributed by atoms with Gasteiger partial charge in [-0.15, -0.1) is 11.8 Å². The molecule has 0 atom stereocenters. The van der Waals surface area contributed by atoms with Gasteiger partial charge < -0.3 is 5.73 Å². The number of pyridine rings is 1. The zero-order valence-electron chi connectivity index (χ0n) is 13.7. The third-order valence-electron chi connectivity index (χ3n) is 3.64. The van der Waals surface area contributed by atoms with Crippen molar-refractivity contribution >= 4 is 51.6 Å². The van der Waals surface area contributed by atoms with E-state index in [4.69, 9.17) is 5.73 Å². The van der Waals surface area contributed by atoms with Crippen LogP contribution in [0, 0.1) is 11.3 Å². The highest BCUT2D eigenvalue weighted by Gasteiger charge is 2.19. The van der Waals surface area contributed by atoms with E-state index in [9.17, 15) is 10.1 Å². The minimum Gasteiger partial charge on any atom is -0.378 e. The minimum atomic E-state index is -0.316. The number of benzene rings is 1. The van der Waals surface area contributed by atoms with Crippen molar-refractivity contribution in [3.63, 3.8) is 0 Å². The highest BCUT2D eigenvalue weighted by molar-refractivity contribution is 8.18. The molecule has 1 aromatic carbocycles. The van der Waals surface area contributed by atoms with Crippen LogP contribution in [-0.2, 0) is 4.79 Å². The largest absolute Gasteiger partial charge is 0.378 e. The smallest absolute Gasteiger partial charge is 0.286 e. The van der Waals surface area contributed by atoms with Crippen LogP contribution < -0.4 is 5.73 Å². The lowest BCUT2D eigenvalue weighted by Gasteiger charge is -2.09. The van der Waals surface area contributed by atoms with Crippen LogP contribution >= 0.6 is 23.5 Å². The van der Waals surface area contributed by atoms with Gasteiger partial charge in [0.2, 0.25) is 0 Å². The van der Waals surface area contributed by atoms with Gasteiger partial charge in [0.25, 0.3) is 5.91 Å². The molecule has 126 valence electrons. The molecule has 7 heteroatoms. The number of hydrogen-bond acceptors (Lipinski definition) is 6. The van der Waals surface area contributed by atoms with E-state index < -0.39 is 0 Å². The van der Waals surface area contributed by atoms with Crippen molar-refractivity contribution < 1.29 is 4.79 Å². The van der Waals surface area contributed by atoms with E-state index >= 15 is 0 Å². The first kappa shape index (κ1) is 17.5. The van der Waals surface area contributed by atoms with Crippen molar-refractivity contribution in [2.45, 2.75) is 24.7 Å². The highest BCUT2D eigenvalue weighted by atomic mass is 32.2. The molecule has 0 radical (unpaired) electrons. The Labute approximate surface area is 154 Å². The van der Waals surface area contributed by atoms with Crippen LogP contribution in [0.15, 0.2) is 39.2 Å².